The van der Waals surface area contributed by atoms with Crippen molar-refractivity contribution < 1.29 is 9.53 Å². The number of amides is 1. The van der Waals surface area contributed by atoms with E-state index in [1.807, 2.05) is 47.9 Å². The summed E-state index contributed by atoms with van der Waals surface area (Å²) in [6.45, 7) is 5.62. The van der Waals surface area contributed by atoms with E-state index in [0.29, 0.717) is 12.2 Å². The minimum absolute atomic E-state index is 0.0699. The van der Waals surface area contributed by atoms with Gasteiger partial charge in [0, 0.05) is 43.0 Å². The lowest BCUT2D eigenvalue weighted by Crippen LogP contribution is -2.38. The van der Waals surface area contributed by atoms with Crippen LogP contribution in [0.4, 0.5) is 0 Å². The number of carbonyl (C=O) groups excluding carboxylic acids is 1. The van der Waals surface area contributed by atoms with Crippen molar-refractivity contribution in [1.82, 2.24) is 20.1 Å². The molecule has 0 unspecified atom stereocenters. The minimum atomic E-state index is -0.305. The Morgan fingerprint density at radius 3 is 2.82 bits per heavy atom. The number of nitrogens with zero attached hydrogens (tertiary/aromatic N) is 3. The molecule has 0 aliphatic carbocycles. The Morgan fingerprint density at radius 2 is 2.11 bits per heavy atom. The summed E-state index contributed by atoms with van der Waals surface area (Å²) in [5.74, 6) is 3.13. The molecule has 0 radical (unpaired) electrons. The van der Waals surface area contributed by atoms with Crippen LogP contribution in [0.3, 0.4) is 0 Å². The number of aromatic nitrogens is 3. The van der Waals surface area contributed by atoms with E-state index in [1.54, 1.807) is 0 Å². The highest BCUT2D eigenvalue weighted by Gasteiger charge is 2.17. The highest BCUT2D eigenvalue weighted by Crippen LogP contribution is 2.21. The molecule has 0 spiro atoms. The molecular weight excluding hydrogens is 376 g/mol. The molecule has 1 N–H and O–H groups in total. The molecule has 150 valence electrons. The molecule has 0 bridgehead atoms. The zero-order valence-corrected chi connectivity index (χ0v) is 17.1. The second kappa shape index (κ2) is 9.73. The molecule has 1 aromatic carbocycles. The monoisotopic (exact) mass is 402 g/mol. The third kappa shape index (κ3) is 5.34. The fraction of sp³-hybridized carbons (Fsp3) is 0.500. The molecule has 2 heterocycles. The van der Waals surface area contributed by atoms with Gasteiger partial charge < -0.3 is 14.6 Å². The van der Waals surface area contributed by atoms with Crippen molar-refractivity contribution in [2.75, 3.05) is 24.6 Å². The van der Waals surface area contributed by atoms with E-state index in [0.717, 1.165) is 42.3 Å². The zero-order chi connectivity index (χ0) is 19.9. The number of hydrogen-bond acceptors (Lipinski definition) is 6. The summed E-state index contributed by atoms with van der Waals surface area (Å²) in [6.07, 6.45) is 1.59. The number of aromatic amines is 1. The Bertz CT molecular complexity index is 865. The topological polar surface area (TPSA) is 88.2 Å². The van der Waals surface area contributed by atoms with Crippen molar-refractivity contribution in [3.8, 4) is 17.1 Å². The van der Waals surface area contributed by atoms with Crippen LogP contribution in [0.5, 0.6) is 5.75 Å². The van der Waals surface area contributed by atoms with Gasteiger partial charge in [-0.3, -0.25) is 9.59 Å². The van der Waals surface area contributed by atoms with Gasteiger partial charge in [-0.25, -0.2) is 0 Å². The van der Waals surface area contributed by atoms with Crippen molar-refractivity contribution in [3.63, 3.8) is 0 Å². The van der Waals surface area contributed by atoms with Gasteiger partial charge in [0.05, 0.1) is 6.10 Å². The maximum Gasteiger partial charge on any atom is 0.273 e. The number of carbonyl (C=O) groups is 1. The van der Waals surface area contributed by atoms with Crippen LogP contribution in [0.2, 0.25) is 0 Å². The summed E-state index contributed by atoms with van der Waals surface area (Å²) >= 11 is 1.86. The van der Waals surface area contributed by atoms with E-state index >= 15 is 0 Å². The molecule has 1 aliphatic rings. The van der Waals surface area contributed by atoms with E-state index in [4.69, 9.17) is 4.74 Å². The van der Waals surface area contributed by atoms with Crippen molar-refractivity contribution in [1.29, 1.82) is 0 Å². The van der Waals surface area contributed by atoms with Gasteiger partial charge in [0.25, 0.3) is 5.56 Å². The fourth-order valence-corrected chi connectivity index (χ4v) is 3.79. The molecule has 3 rings (SSSR count). The molecular formula is C20H26N4O3S. The predicted molar refractivity (Wildman–Crippen MR) is 111 cm³/mol. The molecule has 1 atom stereocenters. The SMILES string of the molecule is CC[C@@H](C)Oc1cccc(-c2nnc(CCC(=O)N3CCSCC3)c(=O)[nH]2)c1. The largest absolute Gasteiger partial charge is 0.491 e. The van der Waals surface area contributed by atoms with E-state index in [1.165, 1.54) is 0 Å². The van der Waals surface area contributed by atoms with Gasteiger partial charge in [-0.2, -0.15) is 11.8 Å². The first-order valence-electron chi connectivity index (χ1n) is 9.65. The number of H-pyrrole nitrogens is 1. The fourth-order valence-electron chi connectivity index (χ4n) is 2.88. The number of thioether (sulfide) groups is 1. The standard InChI is InChI=1S/C20H26N4O3S/c1-3-14(2)27-16-6-4-5-15(13-16)19-21-20(26)17(22-23-19)7-8-18(25)24-9-11-28-12-10-24/h4-6,13-14H,3,7-12H2,1-2H3,(H,21,23,26)/t14-/m1/s1. The van der Waals surface area contributed by atoms with Crippen LogP contribution >= 0.6 is 11.8 Å². The van der Waals surface area contributed by atoms with Crippen molar-refractivity contribution in [2.24, 2.45) is 0 Å². The summed E-state index contributed by atoms with van der Waals surface area (Å²) in [5.41, 5.74) is 0.717. The van der Waals surface area contributed by atoms with Crippen LogP contribution in [0.15, 0.2) is 29.1 Å². The van der Waals surface area contributed by atoms with Gasteiger partial charge in [0.1, 0.15) is 11.4 Å². The van der Waals surface area contributed by atoms with E-state index in [-0.39, 0.29) is 29.7 Å². The van der Waals surface area contributed by atoms with Crippen LogP contribution in [0, 0.1) is 0 Å². The lowest BCUT2D eigenvalue weighted by atomic mass is 10.2. The first-order chi connectivity index (χ1) is 13.6. The summed E-state index contributed by atoms with van der Waals surface area (Å²) in [7, 11) is 0. The second-order valence-corrected chi connectivity index (χ2v) is 8.03. The van der Waals surface area contributed by atoms with Crippen LogP contribution in [-0.2, 0) is 11.2 Å². The normalized spacial score (nSPS) is 15.3. The molecule has 1 saturated heterocycles. The summed E-state index contributed by atoms with van der Waals surface area (Å²) in [5, 5.41) is 8.22. The second-order valence-electron chi connectivity index (χ2n) is 6.81. The quantitative estimate of drug-likeness (QED) is 0.766. The number of hydrogen-bond donors (Lipinski definition) is 1. The number of benzene rings is 1. The average molecular weight is 403 g/mol. The molecule has 1 aromatic heterocycles. The molecule has 2 aromatic rings. The lowest BCUT2D eigenvalue weighted by molar-refractivity contribution is -0.130. The Kier molecular flexibility index (Phi) is 7.08. The van der Waals surface area contributed by atoms with E-state index in [2.05, 4.69) is 22.1 Å². The molecule has 1 fully saturated rings. The Balaban J connectivity index is 1.66. The average Bonchev–Trinajstić information content (AvgIpc) is 2.73. The summed E-state index contributed by atoms with van der Waals surface area (Å²) in [6, 6.07) is 7.42. The first-order valence-corrected chi connectivity index (χ1v) is 10.8. The van der Waals surface area contributed by atoms with Crippen molar-refractivity contribution >= 4 is 17.7 Å². The predicted octanol–water partition coefficient (Wildman–Crippen LogP) is 2.52. The van der Waals surface area contributed by atoms with E-state index in [9.17, 15) is 9.59 Å². The lowest BCUT2D eigenvalue weighted by Gasteiger charge is -2.26. The number of ether oxygens (including phenoxy) is 1. The maximum atomic E-state index is 12.4. The molecule has 0 saturated carbocycles. The Morgan fingerprint density at radius 1 is 1.32 bits per heavy atom. The molecule has 28 heavy (non-hydrogen) atoms. The van der Waals surface area contributed by atoms with Gasteiger partial charge in [-0.1, -0.05) is 19.1 Å². The van der Waals surface area contributed by atoms with Gasteiger partial charge in [-0.05, 0) is 25.5 Å². The summed E-state index contributed by atoms with van der Waals surface area (Å²) < 4.78 is 5.82. The number of nitrogens with one attached hydrogen (secondary N) is 1. The first kappa shape index (κ1) is 20.4. The van der Waals surface area contributed by atoms with Crippen LogP contribution in [0.25, 0.3) is 11.4 Å². The third-order valence-corrected chi connectivity index (χ3v) is 5.67. The highest BCUT2D eigenvalue weighted by molar-refractivity contribution is 7.99. The maximum absolute atomic E-state index is 12.4. The van der Waals surface area contributed by atoms with Crippen molar-refractivity contribution in [2.45, 2.75) is 39.2 Å². The molecule has 8 heteroatoms. The zero-order valence-electron chi connectivity index (χ0n) is 16.3. The van der Waals surface area contributed by atoms with Gasteiger partial charge in [-0.15, -0.1) is 10.2 Å². The van der Waals surface area contributed by atoms with Crippen LogP contribution < -0.4 is 10.3 Å². The van der Waals surface area contributed by atoms with Gasteiger partial charge in [0.15, 0.2) is 5.82 Å². The van der Waals surface area contributed by atoms with Crippen molar-refractivity contribution in [3.05, 3.63) is 40.3 Å². The highest BCUT2D eigenvalue weighted by atomic mass is 32.2. The number of rotatable bonds is 7. The van der Waals surface area contributed by atoms with Gasteiger partial charge >= 0.3 is 0 Å². The van der Waals surface area contributed by atoms with Crippen LogP contribution in [0.1, 0.15) is 32.4 Å². The third-order valence-electron chi connectivity index (χ3n) is 4.72. The Hall–Kier alpha value is -2.35. The molecule has 1 aliphatic heterocycles. The smallest absolute Gasteiger partial charge is 0.273 e. The summed E-state index contributed by atoms with van der Waals surface area (Å²) in [4.78, 5) is 29.3. The number of aryl methyl sites for hydroxylation is 1. The van der Waals surface area contributed by atoms with Gasteiger partial charge in [0.2, 0.25) is 5.91 Å². The van der Waals surface area contributed by atoms with Crippen LogP contribution in [-0.4, -0.2) is 56.7 Å². The Labute approximate surface area is 168 Å². The molecule has 7 nitrogen and oxygen atoms in total. The minimum Gasteiger partial charge on any atom is -0.491 e. The molecule has 1 amide bonds. The van der Waals surface area contributed by atoms with E-state index < -0.39 is 0 Å².